The zero-order valence-electron chi connectivity index (χ0n) is 16.9. The number of amides is 2. The Kier molecular flexibility index (Phi) is 5.90. The third-order valence-electron chi connectivity index (χ3n) is 5.54. The van der Waals surface area contributed by atoms with Gasteiger partial charge in [-0.2, -0.15) is 13.2 Å². The molecular formula is C20H21F3N4O4. The van der Waals surface area contributed by atoms with E-state index in [0.29, 0.717) is 0 Å². The lowest BCUT2D eigenvalue weighted by Crippen LogP contribution is -2.47. The van der Waals surface area contributed by atoms with Gasteiger partial charge in [0.05, 0.1) is 12.8 Å². The Morgan fingerprint density at radius 3 is 2.58 bits per heavy atom. The molecule has 3 heterocycles. The molecule has 2 amide bonds. The van der Waals surface area contributed by atoms with Crippen molar-refractivity contribution in [2.75, 3.05) is 12.4 Å². The summed E-state index contributed by atoms with van der Waals surface area (Å²) in [6.45, 7) is 2.27. The van der Waals surface area contributed by atoms with Crippen molar-refractivity contribution in [3.05, 3.63) is 48.0 Å². The molecule has 4 atom stereocenters. The lowest BCUT2D eigenvalue weighted by molar-refractivity contribution is -0.272. The predicted molar refractivity (Wildman–Crippen MR) is 103 cm³/mol. The minimum atomic E-state index is -4.74. The first-order valence-electron chi connectivity index (χ1n) is 9.29. The molecule has 8 nitrogen and oxygen atoms in total. The zero-order chi connectivity index (χ0) is 23.0. The number of hydrogen-bond donors (Lipinski definition) is 2. The number of rotatable bonds is 5. The van der Waals surface area contributed by atoms with Crippen LogP contribution < -0.4 is 15.8 Å². The SMILES string of the molecule is COc1cccnc1[C@@H]1[C@@H](C(=O)Nc2ccnc(C(N)=O)c2)O[C@](C)(C(F)(F)F)[C@@H]1C. The van der Waals surface area contributed by atoms with Gasteiger partial charge in [0.1, 0.15) is 17.5 Å². The van der Waals surface area contributed by atoms with Crippen LogP contribution in [-0.4, -0.2) is 46.8 Å². The lowest BCUT2D eigenvalue weighted by atomic mass is 9.78. The minimum absolute atomic E-state index is 0.110. The van der Waals surface area contributed by atoms with Gasteiger partial charge >= 0.3 is 6.18 Å². The fourth-order valence-electron chi connectivity index (χ4n) is 3.65. The highest BCUT2D eigenvalue weighted by atomic mass is 19.4. The standard InChI is InChI=1S/C20H21F3N4O4/c1-10-14(15-13(30-3)5-4-7-26-15)16(31-19(10,2)20(21,22)23)18(29)27-11-6-8-25-12(9-11)17(24)28/h4-10,14,16H,1-3H3,(H2,24,28)(H,25,27,29)/t10-,14-,16+,19+/m1/s1. The molecule has 0 radical (unpaired) electrons. The Morgan fingerprint density at radius 1 is 1.26 bits per heavy atom. The van der Waals surface area contributed by atoms with Crippen LogP contribution in [0.4, 0.5) is 18.9 Å². The Hall–Kier alpha value is -3.21. The number of pyridine rings is 2. The van der Waals surface area contributed by atoms with Crippen LogP contribution in [-0.2, 0) is 9.53 Å². The first kappa shape index (κ1) is 22.5. The third-order valence-corrected chi connectivity index (χ3v) is 5.54. The number of primary amides is 1. The van der Waals surface area contributed by atoms with Gasteiger partial charge in [0.2, 0.25) is 0 Å². The van der Waals surface area contributed by atoms with Gasteiger partial charge in [-0.15, -0.1) is 0 Å². The fourth-order valence-corrected chi connectivity index (χ4v) is 3.65. The highest BCUT2D eigenvalue weighted by Crippen LogP contribution is 2.54. The van der Waals surface area contributed by atoms with E-state index in [9.17, 15) is 22.8 Å². The number of aromatic nitrogens is 2. The van der Waals surface area contributed by atoms with Crippen molar-refractivity contribution in [3.8, 4) is 5.75 Å². The van der Waals surface area contributed by atoms with E-state index < -0.39 is 41.5 Å². The second-order valence-electron chi connectivity index (χ2n) is 7.33. The molecule has 0 aromatic carbocycles. The summed E-state index contributed by atoms with van der Waals surface area (Å²) in [5, 5.41) is 2.48. The molecule has 11 heteroatoms. The van der Waals surface area contributed by atoms with Gasteiger partial charge in [-0.05, 0) is 31.2 Å². The predicted octanol–water partition coefficient (Wildman–Crippen LogP) is 2.66. The van der Waals surface area contributed by atoms with E-state index in [1.54, 1.807) is 12.1 Å². The largest absolute Gasteiger partial charge is 0.495 e. The summed E-state index contributed by atoms with van der Waals surface area (Å²) in [6, 6.07) is 5.72. The van der Waals surface area contributed by atoms with Crippen molar-refractivity contribution in [2.45, 2.75) is 37.6 Å². The molecule has 0 bridgehead atoms. The maximum Gasteiger partial charge on any atom is 0.417 e. The molecule has 1 fully saturated rings. The van der Waals surface area contributed by atoms with Crippen LogP contribution in [0, 0.1) is 5.92 Å². The van der Waals surface area contributed by atoms with Crippen LogP contribution in [0.15, 0.2) is 36.7 Å². The number of anilines is 1. The highest BCUT2D eigenvalue weighted by Gasteiger charge is 2.66. The van der Waals surface area contributed by atoms with E-state index in [0.717, 1.165) is 6.92 Å². The molecule has 1 aliphatic rings. The van der Waals surface area contributed by atoms with Crippen molar-refractivity contribution in [3.63, 3.8) is 0 Å². The Bertz CT molecular complexity index is 1000. The van der Waals surface area contributed by atoms with Crippen LogP contribution in [0.25, 0.3) is 0 Å². The van der Waals surface area contributed by atoms with E-state index in [1.165, 1.54) is 38.6 Å². The Labute approximate surface area is 176 Å². The molecule has 2 aromatic rings. The van der Waals surface area contributed by atoms with Gasteiger partial charge < -0.3 is 20.5 Å². The second kappa shape index (κ2) is 8.14. The topological polar surface area (TPSA) is 116 Å². The number of nitrogens with two attached hydrogens (primary N) is 1. The van der Waals surface area contributed by atoms with Gasteiger partial charge in [0, 0.05) is 29.9 Å². The highest BCUT2D eigenvalue weighted by molar-refractivity contribution is 5.97. The summed E-state index contributed by atoms with van der Waals surface area (Å²) in [7, 11) is 1.36. The van der Waals surface area contributed by atoms with Crippen LogP contribution in [0.2, 0.25) is 0 Å². The molecule has 31 heavy (non-hydrogen) atoms. The number of hydrogen-bond acceptors (Lipinski definition) is 6. The van der Waals surface area contributed by atoms with Crippen LogP contribution >= 0.6 is 0 Å². The normalized spacial score (nSPS) is 25.8. The summed E-state index contributed by atoms with van der Waals surface area (Å²) in [6.07, 6.45) is -3.62. The van der Waals surface area contributed by atoms with E-state index in [-0.39, 0.29) is 22.8 Å². The third kappa shape index (κ3) is 4.05. The van der Waals surface area contributed by atoms with Crippen LogP contribution in [0.3, 0.4) is 0 Å². The number of alkyl halides is 3. The van der Waals surface area contributed by atoms with Crippen LogP contribution in [0.5, 0.6) is 5.75 Å². The molecule has 0 aliphatic carbocycles. The van der Waals surface area contributed by atoms with E-state index >= 15 is 0 Å². The van der Waals surface area contributed by atoms with Gasteiger partial charge in [-0.1, -0.05) is 6.92 Å². The summed E-state index contributed by atoms with van der Waals surface area (Å²) >= 11 is 0. The molecular weight excluding hydrogens is 417 g/mol. The van der Waals surface area contributed by atoms with Gasteiger partial charge in [-0.25, -0.2) is 0 Å². The number of carbonyl (C=O) groups is 2. The van der Waals surface area contributed by atoms with Gasteiger partial charge in [-0.3, -0.25) is 19.6 Å². The van der Waals surface area contributed by atoms with E-state index in [2.05, 4.69) is 15.3 Å². The van der Waals surface area contributed by atoms with Crippen molar-refractivity contribution >= 4 is 17.5 Å². The smallest absolute Gasteiger partial charge is 0.417 e. The number of nitrogens with zero attached hydrogens (tertiary/aromatic N) is 2. The monoisotopic (exact) mass is 438 g/mol. The van der Waals surface area contributed by atoms with Gasteiger partial charge in [0.25, 0.3) is 11.8 Å². The Balaban J connectivity index is 2.01. The number of halogens is 3. The molecule has 0 saturated carbocycles. The number of nitrogens with one attached hydrogen (secondary N) is 1. The maximum atomic E-state index is 13.9. The van der Waals surface area contributed by atoms with Crippen molar-refractivity contribution in [1.29, 1.82) is 0 Å². The minimum Gasteiger partial charge on any atom is -0.495 e. The van der Waals surface area contributed by atoms with Crippen molar-refractivity contribution in [2.24, 2.45) is 11.7 Å². The molecule has 2 aromatic heterocycles. The first-order valence-corrected chi connectivity index (χ1v) is 9.29. The number of methoxy groups -OCH3 is 1. The summed E-state index contributed by atoms with van der Waals surface area (Å²) < 4.78 is 52.3. The lowest BCUT2D eigenvalue weighted by Gasteiger charge is -2.31. The molecule has 3 rings (SSSR count). The van der Waals surface area contributed by atoms with Crippen molar-refractivity contribution in [1.82, 2.24) is 9.97 Å². The quantitative estimate of drug-likeness (QED) is 0.742. The molecule has 166 valence electrons. The number of carbonyl (C=O) groups excluding carboxylic acids is 2. The summed E-state index contributed by atoms with van der Waals surface area (Å²) in [5.74, 6) is -3.63. The van der Waals surface area contributed by atoms with Gasteiger partial charge in [0.15, 0.2) is 5.60 Å². The molecule has 3 N–H and O–H groups in total. The number of ether oxygens (including phenoxy) is 2. The van der Waals surface area contributed by atoms with Crippen LogP contribution in [0.1, 0.15) is 35.9 Å². The molecule has 0 spiro atoms. The molecule has 1 aliphatic heterocycles. The van der Waals surface area contributed by atoms with E-state index in [4.69, 9.17) is 15.2 Å². The maximum absolute atomic E-state index is 13.9. The fraction of sp³-hybridized carbons (Fsp3) is 0.400. The van der Waals surface area contributed by atoms with E-state index in [1.807, 2.05) is 0 Å². The summed E-state index contributed by atoms with van der Waals surface area (Å²) in [5.41, 5.74) is 2.79. The summed E-state index contributed by atoms with van der Waals surface area (Å²) in [4.78, 5) is 32.3. The zero-order valence-corrected chi connectivity index (χ0v) is 16.9. The average Bonchev–Trinajstić information content (AvgIpc) is 3.00. The van der Waals surface area contributed by atoms with Crippen molar-refractivity contribution < 1.29 is 32.2 Å². The Morgan fingerprint density at radius 2 is 1.97 bits per heavy atom. The second-order valence-corrected chi connectivity index (χ2v) is 7.33. The first-order chi connectivity index (χ1) is 14.5. The molecule has 1 saturated heterocycles. The average molecular weight is 438 g/mol. The molecule has 0 unspecified atom stereocenters.